The number of nitrogens with zero attached hydrogens (tertiary/aromatic N) is 5. The maximum atomic E-state index is 4.18. The first kappa shape index (κ1) is 19.6. The van der Waals surface area contributed by atoms with Crippen LogP contribution in [0.3, 0.4) is 0 Å². The Morgan fingerprint density at radius 1 is 0.893 bits per heavy atom. The molecule has 2 saturated heterocycles. The average Bonchev–Trinajstić information content (AvgIpc) is 3.01. The summed E-state index contributed by atoms with van der Waals surface area (Å²) in [6.45, 7) is 11.9. The summed E-state index contributed by atoms with van der Waals surface area (Å²) in [6, 6.07) is 5.66. The predicted octanol–water partition coefficient (Wildman–Crippen LogP) is 3.18. The third-order valence-electron chi connectivity index (χ3n) is 6.57. The van der Waals surface area contributed by atoms with Gasteiger partial charge in [0.2, 0.25) is 0 Å². The number of likely N-dealkylation sites (tertiary alicyclic amines) is 1. The minimum absolute atomic E-state index is 0.301. The van der Waals surface area contributed by atoms with Crippen molar-refractivity contribution >= 4 is 5.69 Å². The zero-order chi connectivity index (χ0) is 19.3. The van der Waals surface area contributed by atoms with Crippen LogP contribution in [0.25, 0.3) is 0 Å². The van der Waals surface area contributed by atoms with Gasteiger partial charge in [0.15, 0.2) is 0 Å². The summed E-state index contributed by atoms with van der Waals surface area (Å²) in [5, 5.41) is 0. The Morgan fingerprint density at radius 3 is 2.36 bits per heavy atom. The number of pyridine rings is 1. The Balaban J connectivity index is 1.37. The van der Waals surface area contributed by atoms with Crippen molar-refractivity contribution in [1.29, 1.82) is 0 Å². The maximum absolute atomic E-state index is 4.18. The van der Waals surface area contributed by atoms with Gasteiger partial charge in [-0.1, -0.05) is 6.08 Å². The van der Waals surface area contributed by atoms with Gasteiger partial charge in [0, 0.05) is 56.0 Å². The van der Waals surface area contributed by atoms with E-state index in [4.69, 9.17) is 0 Å². The molecule has 28 heavy (non-hydrogen) atoms. The van der Waals surface area contributed by atoms with Gasteiger partial charge in [-0.25, -0.2) is 0 Å². The molecule has 0 aliphatic carbocycles. The average molecular weight is 382 g/mol. The fourth-order valence-corrected chi connectivity index (χ4v) is 4.89. The van der Waals surface area contributed by atoms with E-state index in [1.807, 2.05) is 12.4 Å². The molecule has 1 aromatic heterocycles. The number of anilines is 1. The Morgan fingerprint density at radius 2 is 1.61 bits per heavy atom. The summed E-state index contributed by atoms with van der Waals surface area (Å²) < 4.78 is 0. The molecule has 5 heteroatoms. The second-order valence-electron chi connectivity index (χ2n) is 8.54. The highest BCUT2D eigenvalue weighted by atomic mass is 15.4. The minimum Gasteiger partial charge on any atom is -0.328 e. The third-order valence-corrected chi connectivity index (χ3v) is 6.57. The fraction of sp³-hybridized carbons (Fsp3) is 0.609. The number of aromatic nitrogens is 1. The lowest BCUT2D eigenvalue weighted by Crippen LogP contribution is -2.49. The van der Waals surface area contributed by atoms with E-state index in [0.717, 1.165) is 19.1 Å². The van der Waals surface area contributed by atoms with Crippen molar-refractivity contribution in [1.82, 2.24) is 19.7 Å². The van der Waals surface area contributed by atoms with Crippen molar-refractivity contribution in [3.05, 3.63) is 49.0 Å². The van der Waals surface area contributed by atoms with E-state index in [0.29, 0.717) is 12.2 Å². The topological polar surface area (TPSA) is 25.9 Å². The Bertz CT molecular complexity index is 663. The predicted molar refractivity (Wildman–Crippen MR) is 116 cm³/mol. The van der Waals surface area contributed by atoms with Gasteiger partial charge < -0.3 is 9.80 Å². The van der Waals surface area contributed by atoms with E-state index in [1.54, 1.807) is 0 Å². The van der Waals surface area contributed by atoms with E-state index in [2.05, 4.69) is 75.0 Å². The normalized spacial score (nSPS) is 26.1. The first-order valence-corrected chi connectivity index (χ1v) is 11.0. The van der Waals surface area contributed by atoms with Crippen LogP contribution in [0.2, 0.25) is 0 Å². The van der Waals surface area contributed by atoms with Crippen molar-refractivity contribution in [3.8, 4) is 0 Å². The highest BCUT2D eigenvalue weighted by Crippen LogP contribution is 2.25. The molecule has 1 aromatic rings. The molecule has 4 rings (SSSR count). The number of rotatable bonds is 4. The first-order chi connectivity index (χ1) is 13.7. The van der Waals surface area contributed by atoms with E-state index in [9.17, 15) is 0 Å². The van der Waals surface area contributed by atoms with Crippen LogP contribution >= 0.6 is 0 Å². The summed E-state index contributed by atoms with van der Waals surface area (Å²) in [5.74, 6) is 0. The highest BCUT2D eigenvalue weighted by molar-refractivity contribution is 5.51. The molecule has 5 nitrogen and oxygen atoms in total. The molecule has 0 bridgehead atoms. The summed E-state index contributed by atoms with van der Waals surface area (Å²) >= 11 is 0. The van der Waals surface area contributed by atoms with E-state index < -0.39 is 0 Å². The van der Waals surface area contributed by atoms with Gasteiger partial charge in [-0.3, -0.25) is 14.8 Å². The van der Waals surface area contributed by atoms with E-state index in [-0.39, 0.29) is 0 Å². The number of hydrogen-bond donors (Lipinski definition) is 0. The molecule has 0 N–H and O–H groups in total. The number of piperidine rings is 1. The Hall–Kier alpha value is -1.69. The molecular formula is C23H35N5. The lowest BCUT2D eigenvalue weighted by molar-refractivity contribution is 0.0933. The van der Waals surface area contributed by atoms with E-state index >= 15 is 0 Å². The maximum Gasteiger partial charge on any atom is 0.106 e. The van der Waals surface area contributed by atoms with Gasteiger partial charge in [-0.05, 0) is 77.0 Å². The quantitative estimate of drug-likeness (QED) is 0.798. The van der Waals surface area contributed by atoms with Crippen molar-refractivity contribution in [2.24, 2.45) is 0 Å². The molecule has 2 fully saturated rings. The third kappa shape index (κ3) is 4.48. The van der Waals surface area contributed by atoms with E-state index in [1.165, 1.54) is 51.1 Å². The van der Waals surface area contributed by atoms with Crippen LogP contribution in [-0.4, -0.2) is 77.2 Å². The summed E-state index contributed by atoms with van der Waals surface area (Å²) in [4.78, 5) is 14.6. The zero-order valence-corrected chi connectivity index (χ0v) is 17.5. The van der Waals surface area contributed by atoms with Gasteiger partial charge in [0.1, 0.15) is 6.17 Å². The van der Waals surface area contributed by atoms with Gasteiger partial charge in [0.05, 0.1) is 0 Å². The van der Waals surface area contributed by atoms with Crippen molar-refractivity contribution in [2.75, 3.05) is 44.2 Å². The van der Waals surface area contributed by atoms with Crippen LogP contribution in [0, 0.1) is 0 Å². The van der Waals surface area contributed by atoms with Crippen molar-refractivity contribution in [3.63, 3.8) is 0 Å². The molecule has 3 aliphatic heterocycles. The molecule has 3 aliphatic rings. The second-order valence-corrected chi connectivity index (χ2v) is 8.54. The second kappa shape index (κ2) is 9.21. The molecule has 0 amide bonds. The molecule has 0 saturated carbocycles. The van der Waals surface area contributed by atoms with Crippen LogP contribution in [0.5, 0.6) is 0 Å². The van der Waals surface area contributed by atoms with Crippen LogP contribution in [-0.2, 0) is 0 Å². The van der Waals surface area contributed by atoms with Crippen molar-refractivity contribution < 1.29 is 0 Å². The van der Waals surface area contributed by atoms with Gasteiger partial charge >= 0.3 is 0 Å². The lowest BCUT2D eigenvalue weighted by atomic mass is 10.0. The molecule has 0 aromatic carbocycles. The fourth-order valence-electron chi connectivity index (χ4n) is 4.89. The van der Waals surface area contributed by atoms with Gasteiger partial charge in [-0.2, -0.15) is 0 Å². The standard InChI is InChI=1S/C23H35N5/c1-20(2)25-16-9-21(10-17-25)26-13-5-14-27(19-18-26)23-6-3-4-15-28(23)22-7-11-24-12-8-22/h3-4,6-8,11-12,15,20-21,23H,5,9-10,13-14,16-19H2,1-2H3. The van der Waals surface area contributed by atoms with Gasteiger partial charge in [0.25, 0.3) is 0 Å². The van der Waals surface area contributed by atoms with Gasteiger partial charge in [-0.15, -0.1) is 0 Å². The molecule has 0 spiro atoms. The Labute approximate surface area is 170 Å². The monoisotopic (exact) mass is 381 g/mol. The summed E-state index contributed by atoms with van der Waals surface area (Å²) in [6.07, 6.45) is 16.8. The SMILES string of the molecule is CC(C)N1CCC(N2CCCN(C3C=CC=CN3c3ccncc3)CC2)CC1. The molecule has 4 heterocycles. The molecule has 0 radical (unpaired) electrons. The molecule has 152 valence electrons. The molecular weight excluding hydrogens is 346 g/mol. The van der Waals surface area contributed by atoms with Crippen molar-refractivity contribution in [2.45, 2.75) is 51.4 Å². The van der Waals surface area contributed by atoms with Crippen LogP contribution in [0.1, 0.15) is 33.1 Å². The largest absolute Gasteiger partial charge is 0.328 e. The highest BCUT2D eigenvalue weighted by Gasteiger charge is 2.30. The van der Waals surface area contributed by atoms with Crippen LogP contribution in [0.15, 0.2) is 49.0 Å². The smallest absolute Gasteiger partial charge is 0.106 e. The molecule has 1 unspecified atom stereocenters. The first-order valence-electron chi connectivity index (χ1n) is 11.0. The summed E-state index contributed by atoms with van der Waals surface area (Å²) in [7, 11) is 0. The summed E-state index contributed by atoms with van der Waals surface area (Å²) in [5.41, 5.74) is 1.21. The minimum atomic E-state index is 0.301. The Kier molecular flexibility index (Phi) is 6.45. The van der Waals surface area contributed by atoms with Crippen LogP contribution < -0.4 is 4.90 Å². The number of allylic oxidation sites excluding steroid dienone is 2. The van der Waals surface area contributed by atoms with Crippen LogP contribution in [0.4, 0.5) is 5.69 Å². The zero-order valence-electron chi connectivity index (χ0n) is 17.5. The lowest BCUT2D eigenvalue weighted by Gasteiger charge is -2.40. The molecule has 1 atom stereocenters. The number of hydrogen-bond acceptors (Lipinski definition) is 5.